The Morgan fingerprint density at radius 2 is 1.50 bits per heavy atom. The minimum Gasteiger partial charge on any atom is -0.504 e. The Morgan fingerprint density at radius 3 is 2.16 bits per heavy atom. The smallest absolute Gasteiger partial charge is 0.331 e. The molecular formula is C29H36O15. The number of esters is 1. The number of carbonyl (C=O) groups excluding carboxylic acids is 1. The second-order valence-corrected chi connectivity index (χ2v) is 10.4. The summed E-state index contributed by atoms with van der Waals surface area (Å²) in [5, 5.41) is 90.5. The van der Waals surface area contributed by atoms with Crippen LogP contribution in [0.1, 0.15) is 18.1 Å². The molecule has 44 heavy (non-hydrogen) atoms. The Balaban J connectivity index is 1.52. The fourth-order valence-corrected chi connectivity index (χ4v) is 4.76. The van der Waals surface area contributed by atoms with Crippen molar-refractivity contribution in [3.63, 3.8) is 0 Å². The summed E-state index contributed by atoms with van der Waals surface area (Å²) in [6, 6.07) is 7.98. The van der Waals surface area contributed by atoms with Crippen molar-refractivity contribution < 1.29 is 74.4 Å². The number of ether oxygens (including phenoxy) is 5. The zero-order valence-corrected chi connectivity index (χ0v) is 23.5. The van der Waals surface area contributed by atoms with E-state index in [9.17, 15) is 50.8 Å². The molecule has 10 atom stereocenters. The average molecular weight is 625 g/mol. The average Bonchev–Trinajstić information content (AvgIpc) is 2.99. The zero-order chi connectivity index (χ0) is 32.1. The first-order valence-corrected chi connectivity index (χ1v) is 13.7. The number of aromatic hydroxyl groups is 4. The van der Waals surface area contributed by atoms with Crippen molar-refractivity contribution in [2.45, 2.75) is 74.8 Å². The third kappa shape index (κ3) is 7.76. The van der Waals surface area contributed by atoms with Crippen LogP contribution in [0.3, 0.4) is 0 Å². The summed E-state index contributed by atoms with van der Waals surface area (Å²) in [6.45, 7) is 0.606. The van der Waals surface area contributed by atoms with Crippen LogP contribution in [0.5, 0.6) is 23.0 Å². The summed E-state index contributed by atoms with van der Waals surface area (Å²) in [6.07, 6.45) is -12.6. The van der Waals surface area contributed by atoms with Crippen LogP contribution in [0.2, 0.25) is 0 Å². The molecule has 15 nitrogen and oxygen atoms in total. The van der Waals surface area contributed by atoms with E-state index in [2.05, 4.69) is 0 Å². The molecule has 0 amide bonds. The summed E-state index contributed by atoms with van der Waals surface area (Å²) in [5.41, 5.74) is 0.914. The monoisotopic (exact) mass is 624 g/mol. The van der Waals surface area contributed by atoms with Crippen LogP contribution >= 0.6 is 0 Å². The zero-order valence-electron chi connectivity index (χ0n) is 23.5. The molecule has 242 valence electrons. The molecule has 2 aliphatic heterocycles. The minimum atomic E-state index is -1.77. The van der Waals surface area contributed by atoms with Gasteiger partial charge < -0.3 is 69.6 Å². The molecule has 0 aromatic heterocycles. The van der Waals surface area contributed by atoms with Crippen molar-refractivity contribution in [3.05, 3.63) is 53.6 Å². The first-order valence-electron chi connectivity index (χ1n) is 13.7. The summed E-state index contributed by atoms with van der Waals surface area (Å²) < 4.78 is 28.2. The van der Waals surface area contributed by atoms with Gasteiger partial charge in [0.25, 0.3) is 0 Å². The van der Waals surface area contributed by atoms with Crippen molar-refractivity contribution in [2.24, 2.45) is 0 Å². The van der Waals surface area contributed by atoms with Crippen molar-refractivity contribution in [1.29, 1.82) is 0 Å². The summed E-state index contributed by atoms with van der Waals surface area (Å²) in [4.78, 5) is 12.8. The number of aliphatic hydroxyl groups excluding tert-OH is 5. The van der Waals surface area contributed by atoms with Gasteiger partial charge in [0, 0.05) is 6.08 Å². The van der Waals surface area contributed by atoms with Crippen LogP contribution in [-0.2, 0) is 34.9 Å². The maximum absolute atomic E-state index is 12.8. The highest BCUT2D eigenvalue weighted by molar-refractivity contribution is 5.87. The maximum Gasteiger partial charge on any atom is 0.331 e. The summed E-state index contributed by atoms with van der Waals surface area (Å²) in [7, 11) is 0. The van der Waals surface area contributed by atoms with Gasteiger partial charge in [0.05, 0.1) is 19.3 Å². The molecule has 4 rings (SSSR count). The lowest BCUT2D eigenvalue weighted by Gasteiger charge is -2.46. The first-order chi connectivity index (χ1) is 20.9. The summed E-state index contributed by atoms with van der Waals surface area (Å²) >= 11 is 0. The van der Waals surface area contributed by atoms with E-state index in [-0.39, 0.29) is 30.3 Å². The maximum atomic E-state index is 12.8. The molecule has 2 aromatic carbocycles. The lowest BCUT2D eigenvalue weighted by Crippen LogP contribution is -2.65. The quantitative estimate of drug-likeness (QED) is 0.0873. The standard InChI is InChI=1S/C29H36O15/c1-13-22(36)23(37)24(38)29(41-13)44-27-25(39)28(40-9-8-15-3-6-17(32)19(34)11-15)42-20(12-30)26(27)43-21(35)7-4-14-2-5-16(31)18(33)10-14/h2-7,10-11,13,20,22-34,36-39H,8-9,12H2,1H3/b7-4+/t13?,20?,22-,23-,24?,25?,26+,27-,28+,29-/m0/s1. The number of benzene rings is 2. The Morgan fingerprint density at radius 1 is 0.818 bits per heavy atom. The van der Waals surface area contributed by atoms with Crippen LogP contribution in [0, 0.1) is 0 Å². The van der Waals surface area contributed by atoms with E-state index in [4.69, 9.17) is 23.7 Å². The molecule has 0 spiro atoms. The third-order valence-electron chi connectivity index (χ3n) is 7.27. The second kappa shape index (κ2) is 14.5. The van der Waals surface area contributed by atoms with Crippen LogP contribution in [0.15, 0.2) is 42.5 Å². The van der Waals surface area contributed by atoms with Crippen molar-refractivity contribution in [2.75, 3.05) is 13.2 Å². The topological polar surface area (TPSA) is 245 Å². The normalized spacial score (nSPS) is 32.5. The van der Waals surface area contributed by atoms with Crippen LogP contribution in [0.25, 0.3) is 6.08 Å². The van der Waals surface area contributed by atoms with Crippen LogP contribution in [-0.4, -0.2) is 127 Å². The number of carbonyl (C=O) groups is 1. The molecule has 2 fully saturated rings. The Hall–Kier alpha value is -3.51. The van der Waals surface area contributed by atoms with E-state index in [1.54, 1.807) is 6.07 Å². The molecule has 9 N–H and O–H groups in total. The van der Waals surface area contributed by atoms with Gasteiger partial charge in [-0.3, -0.25) is 0 Å². The van der Waals surface area contributed by atoms with Crippen molar-refractivity contribution in [3.8, 4) is 23.0 Å². The predicted octanol–water partition coefficient (Wildman–Crippen LogP) is -1.02. The Labute approximate surface area is 251 Å². The van der Waals surface area contributed by atoms with Crippen molar-refractivity contribution >= 4 is 12.0 Å². The molecule has 0 saturated carbocycles. The molecule has 0 aliphatic carbocycles. The largest absolute Gasteiger partial charge is 0.504 e. The van der Waals surface area contributed by atoms with E-state index in [0.717, 1.165) is 6.08 Å². The number of aliphatic hydroxyl groups is 5. The number of phenolic OH excluding ortho intramolecular Hbond substituents is 4. The van der Waals surface area contributed by atoms with Gasteiger partial charge in [0.15, 0.2) is 41.7 Å². The van der Waals surface area contributed by atoms with Gasteiger partial charge in [-0.15, -0.1) is 0 Å². The molecule has 0 bridgehead atoms. The van der Waals surface area contributed by atoms with E-state index in [1.165, 1.54) is 43.3 Å². The van der Waals surface area contributed by atoms with Crippen LogP contribution in [0.4, 0.5) is 0 Å². The first kappa shape index (κ1) is 33.4. The number of phenols is 4. The lowest BCUT2D eigenvalue weighted by molar-refractivity contribution is -0.357. The van der Waals surface area contributed by atoms with Crippen LogP contribution < -0.4 is 0 Å². The molecule has 0 radical (unpaired) electrons. The molecule has 4 unspecified atom stereocenters. The van der Waals surface area contributed by atoms with Gasteiger partial charge in [0.2, 0.25) is 0 Å². The van der Waals surface area contributed by atoms with Gasteiger partial charge >= 0.3 is 5.97 Å². The Kier molecular flexibility index (Phi) is 11.0. The van der Waals surface area contributed by atoms with Crippen molar-refractivity contribution in [1.82, 2.24) is 0 Å². The molecule has 2 aliphatic rings. The highest BCUT2D eigenvalue weighted by atomic mass is 16.7. The molecule has 15 heteroatoms. The minimum absolute atomic E-state index is 0.0754. The van der Waals surface area contributed by atoms with E-state index in [1.807, 2.05) is 0 Å². The lowest BCUT2D eigenvalue weighted by atomic mass is 9.97. The van der Waals surface area contributed by atoms with Gasteiger partial charge in [-0.2, -0.15) is 0 Å². The third-order valence-corrected chi connectivity index (χ3v) is 7.27. The molecule has 2 heterocycles. The summed E-state index contributed by atoms with van der Waals surface area (Å²) in [5.74, 6) is -2.40. The number of hydrogen-bond acceptors (Lipinski definition) is 15. The van der Waals surface area contributed by atoms with E-state index in [0.29, 0.717) is 11.1 Å². The fraction of sp³-hybridized carbons (Fsp3) is 0.483. The molecule has 2 aromatic rings. The van der Waals surface area contributed by atoms with Gasteiger partial charge in [-0.25, -0.2) is 4.79 Å². The van der Waals surface area contributed by atoms with Gasteiger partial charge in [-0.05, 0) is 54.8 Å². The number of rotatable bonds is 10. The molecule has 2 saturated heterocycles. The van der Waals surface area contributed by atoms with Gasteiger partial charge in [0.1, 0.15) is 36.6 Å². The van der Waals surface area contributed by atoms with E-state index < -0.39 is 79.7 Å². The SMILES string of the molecule is CC1O[C@@H](O[C@H]2C(O)[C@H](OCCc3ccc(O)c(O)c3)OC(CO)[C@H]2OC(=O)/C=C/c2ccc(O)c(O)c2)C(O)[C@@H](O)[C@H]1O. The Bertz CT molecular complexity index is 1300. The number of hydrogen-bond donors (Lipinski definition) is 9. The van der Waals surface area contributed by atoms with Gasteiger partial charge in [-0.1, -0.05) is 12.1 Å². The predicted molar refractivity (Wildman–Crippen MR) is 147 cm³/mol. The van der Waals surface area contributed by atoms with E-state index >= 15 is 0 Å². The highest BCUT2D eigenvalue weighted by Gasteiger charge is 2.52. The molecular weight excluding hydrogens is 588 g/mol. The highest BCUT2D eigenvalue weighted by Crippen LogP contribution is 2.32. The fourth-order valence-electron chi connectivity index (χ4n) is 4.76. The second-order valence-electron chi connectivity index (χ2n) is 10.4.